The third kappa shape index (κ3) is 8.43. The SMILES string of the molecule is O=C(CCCC=C1C[C@@H]2CCCCCC[C@@H](C1)[C@H](/C=C/[C@H](O)C1CCCC1)[C@H](O)C2)N1CCOCC1. The number of aliphatic hydroxyl groups is 2. The van der Waals surface area contributed by atoms with E-state index in [1.54, 1.807) is 5.57 Å². The van der Waals surface area contributed by atoms with Crippen molar-refractivity contribution in [3.63, 3.8) is 0 Å². The maximum atomic E-state index is 12.5. The summed E-state index contributed by atoms with van der Waals surface area (Å²) in [6.07, 6.45) is 23.7. The van der Waals surface area contributed by atoms with E-state index in [1.807, 2.05) is 11.0 Å². The van der Waals surface area contributed by atoms with Crippen LogP contribution < -0.4 is 0 Å². The summed E-state index contributed by atoms with van der Waals surface area (Å²) in [5.74, 6) is 1.78. The van der Waals surface area contributed by atoms with Gasteiger partial charge in [-0.1, -0.05) is 68.7 Å². The number of fused-ring (bicyclic) bond motifs is 9. The molecule has 1 aliphatic heterocycles. The van der Waals surface area contributed by atoms with Crippen molar-refractivity contribution in [2.45, 2.75) is 115 Å². The molecule has 0 aromatic rings. The second-order valence-electron chi connectivity index (χ2n) is 12.1. The lowest BCUT2D eigenvalue weighted by Crippen LogP contribution is -2.40. The van der Waals surface area contributed by atoms with Crippen LogP contribution in [0.25, 0.3) is 0 Å². The quantitative estimate of drug-likeness (QED) is 0.342. The average Bonchev–Trinajstić information content (AvgIpc) is 3.41. The van der Waals surface area contributed by atoms with Crippen molar-refractivity contribution >= 4 is 5.91 Å². The molecule has 5 fully saturated rings. The van der Waals surface area contributed by atoms with Gasteiger partial charge in [0.2, 0.25) is 5.91 Å². The first-order valence-corrected chi connectivity index (χ1v) is 15.2. The Morgan fingerprint density at radius 2 is 1.72 bits per heavy atom. The maximum Gasteiger partial charge on any atom is 0.222 e. The van der Waals surface area contributed by atoms with E-state index in [0.29, 0.717) is 37.4 Å². The number of morpholine rings is 1. The predicted molar refractivity (Wildman–Crippen MR) is 144 cm³/mol. The van der Waals surface area contributed by atoms with Crippen molar-refractivity contribution in [2.24, 2.45) is 23.7 Å². The Morgan fingerprint density at radius 1 is 1.00 bits per heavy atom. The van der Waals surface area contributed by atoms with Crippen LogP contribution in [-0.2, 0) is 9.53 Å². The first-order chi connectivity index (χ1) is 17.6. The van der Waals surface area contributed by atoms with Crippen LogP contribution in [0.1, 0.15) is 103 Å². The Morgan fingerprint density at radius 3 is 2.50 bits per heavy atom. The van der Waals surface area contributed by atoms with Gasteiger partial charge in [0.1, 0.15) is 0 Å². The molecule has 36 heavy (non-hydrogen) atoms. The van der Waals surface area contributed by atoms with E-state index in [1.165, 1.54) is 44.9 Å². The summed E-state index contributed by atoms with van der Waals surface area (Å²) in [6.45, 7) is 2.79. The fraction of sp³-hybridized carbons (Fsp3) is 0.839. The molecule has 0 spiro atoms. The number of rotatable bonds is 7. The monoisotopic (exact) mass is 501 g/mol. The fourth-order valence-corrected chi connectivity index (χ4v) is 7.21. The van der Waals surface area contributed by atoms with Gasteiger partial charge in [0.15, 0.2) is 0 Å². The standard InChI is InChI=1S/C31H51NO4/c33-29(26-11-6-7-12-26)16-15-28-27-13-4-2-1-3-9-25(23-30(28)34)21-24(22-27)10-5-8-14-31(35)32-17-19-36-20-18-32/h10,15-16,25-30,33-34H,1-9,11-14,17-23H2/b16-15+,24-10?/t25-,27-,28-,29-,30+/m0/s1. The Kier molecular flexibility index (Phi) is 11.4. The second-order valence-corrected chi connectivity index (χ2v) is 12.1. The van der Waals surface area contributed by atoms with E-state index in [-0.39, 0.29) is 24.0 Å². The largest absolute Gasteiger partial charge is 0.392 e. The number of ether oxygens (including phenoxy) is 1. The van der Waals surface area contributed by atoms with Crippen LogP contribution in [0.4, 0.5) is 0 Å². The van der Waals surface area contributed by atoms with Crippen molar-refractivity contribution in [3.8, 4) is 0 Å². The molecule has 2 N–H and O–H groups in total. The van der Waals surface area contributed by atoms with Crippen LogP contribution in [0.2, 0.25) is 0 Å². The van der Waals surface area contributed by atoms with Crippen LogP contribution >= 0.6 is 0 Å². The molecular formula is C31H51NO4. The van der Waals surface area contributed by atoms with Gasteiger partial charge < -0.3 is 19.8 Å². The number of aliphatic hydroxyl groups excluding tert-OH is 2. The zero-order valence-electron chi connectivity index (χ0n) is 22.5. The molecular weight excluding hydrogens is 450 g/mol. The number of amides is 1. The smallest absolute Gasteiger partial charge is 0.222 e. The molecule has 4 aliphatic carbocycles. The summed E-state index contributed by atoms with van der Waals surface area (Å²) < 4.78 is 5.37. The number of hydrogen-bond acceptors (Lipinski definition) is 4. The lowest BCUT2D eigenvalue weighted by atomic mass is 9.72. The number of carbonyl (C=O) groups is 1. The molecule has 1 amide bonds. The minimum absolute atomic E-state index is 0.133. The van der Waals surface area contributed by atoms with E-state index in [2.05, 4.69) is 12.2 Å². The van der Waals surface area contributed by atoms with Gasteiger partial charge in [-0.05, 0) is 69.1 Å². The van der Waals surface area contributed by atoms with Gasteiger partial charge in [0, 0.05) is 25.4 Å². The molecule has 0 aromatic carbocycles. The van der Waals surface area contributed by atoms with Crippen LogP contribution in [-0.4, -0.2) is 59.5 Å². The van der Waals surface area contributed by atoms with E-state index >= 15 is 0 Å². The molecule has 1 saturated heterocycles. The molecule has 0 aromatic heterocycles. The molecule has 5 nitrogen and oxygen atoms in total. The van der Waals surface area contributed by atoms with Crippen LogP contribution in [0.3, 0.4) is 0 Å². The first kappa shape index (κ1) is 27.9. The van der Waals surface area contributed by atoms with Crippen molar-refractivity contribution in [1.82, 2.24) is 4.90 Å². The van der Waals surface area contributed by atoms with Crippen molar-refractivity contribution in [2.75, 3.05) is 26.3 Å². The van der Waals surface area contributed by atoms with E-state index < -0.39 is 0 Å². The Hall–Kier alpha value is -1.17. The average molecular weight is 502 g/mol. The summed E-state index contributed by atoms with van der Waals surface area (Å²) in [6, 6.07) is 0. The Balaban J connectivity index is 1.40. The number of allylic oxidation sites excluding steroid dienone is 2. The molecule has 5 aliphatic rings. The fourth-order valence-electron chi connectivity index (χ4n) is 7.21. The number of nitrogens with zero attached hydrogens (tertiary/aromatic N) is 1. The number of carbonyl (C=O) groups excluding carboxylic acids is 1. The summed E-state index contributed by atoms with van der Waals surface area (Å²) in [4.78, 5) is 14.5. The van der Waals surface area contributed by atoms with Gasteiger partial charge in [-0.25, -0.2) is 0 Å². The first-order valence-electron chi connectivity index (χ1n) is 15.2. The molecule has 5 heteroatoms. The molecule has 204 valence electrons. The molecule has 0 radical (unpaired) electrons. The molecule has 5 atom stereocenters. The van der Waals surface area contributed by atoms with E-state index in [4.69, 9.17) is 4.74 Å². The molecule has 5 rings (SSSR count). The third-order valence-corrected chi connectivity index (χ3v) is 9.38. The van der Waals surface area contributed by atoms with Crippen LogP contribution in [0.5, 0.6) is 0 Å². The number of hydrogen-bond donors (Lipinski definition) is 2. The third-order valence-electron chi connectivity index (χ3n) is 9.38. The Bertz CT molecular complexity index is 722. The van der Waals surface area contributed by atoms with Gasteiger partial charge in [-0.3, -0.25) is 4.79 Å². The summed E-state index contributed by atoms with van der Waals surface area (Å²) in [5, 5.41) is 22.1. The van der Waals surface area contributed by atoms with Crippen LogP contribution in [0.15, 0.2) is 23.8 Å². The van der Waals surface area contributed by atoms with Crippen molar-refractivity contribution < 1.29 is 19.7 Å². The highest BCUT2D eigenvalue weighted by Crippen LogP contribution is 2.40. The Labute approximate surface area is 219 Å². The van der Waals surface area contributed by atoms with Crippen molar-refractivity contribution in [1.29, 1.82) is 0 Å². The molecule has 4 saturated carbocycles. The lowest BCUT2D eigenvalue weighted by Gasteiger charge is -2.35. The topological polar surface area (TPSA) is 70.0 Å². The minimum Gasteiger partial charge on any atom is -0.392 e. The van der Waals surface area contributed by atoms with Gasteiger partial charge in [-0.15, -0.1) is 0 Å². The minimum atomic E-state index is -0.365. The number of unbranched alkanes of at least 4 members (excludes halogenated alkanes) is 1. The van der Waals surface area contributed by atoms with Gasteiger partial charge in [-0.2, -0.15) is 0 Å². The highest BCUT2D eigenvalue weighted by atomic mass is 16.5. The maximum absolute atomic E-state index is 12.5. The summed E-state index contributed by atoms with van der Waals surface area (Å²) in [7, 11) is 0. The highest BCUT2D eigenvalue weighted by Gasteiger charge is 2.33. The second kappa shape index (κ2) is 14.7. The normalized spacial score (nSPS) is 33.1. The molecule has 2 bridgehead atoms. The van der Waals surface area contributed by atoms with Crippen molar-refractivity contribution in [3.05, 3.63) is 23.8 Å². The molecule has 0 unspecified atom stereocenters. The highest BCUT2D eigenvalue weighted by molar-refractivity contribution is 5.76. The predicted octanol–water partition coefficient (Wildman–Crippen LogP) is 5.80. The molecule has 1 heterocycles. The lowest BCUT2D eigenvalue weighted by molar-refractivity contribution is -0.135. The zero-order chi connectivity index (χ0) is 25.2. The van der Waals surface area contributed by atoms with Crippen LogP contribution in [0, 0.1) is 23.7 Å². The van der Waals surface area contributed by atoms with Gasteiger partial charge >= 0.3 is 0 Å². The summed E-state index contributed by atoms with van der Waals surface area (Å²) >= 11 is 0. The van der Waals surface area contributed by atoms with Gasteiger partial charge in [0.25, 0.3) is 0 Å². The van der Waals surface area contributed by atoms with Gasteiger partial charge in [0.05, 0.1) is 25.4 Å². The zero-order valence-corrected chi connectivity index (χ0v) is 22.5. The summed E-state index contributed by atoms with van der Waals surface area (Å²) in [5.41, 5.74) is 1.55. The van der Waals surface area contributed by atoms with E-state index in [0.717, 1.165) is 64.5 Å². The van der Waals surface area contributed by atoms with E-state index in [9.17, 15) is 15.0 Å².